The smallest absolute Gasteiger partial charge is 0.207 e. The maximum absolute atomic E-state index is 10.8. The first-order valence-corrected chi connectivity index (χ1v) is 12.5. The predicted molar refractivity (Wildman–Crippen MR) is 130 cm³/mol. The molecule has 0 unspecified atom stereocenters. The molecule has 1 saturated heterocycles. The van der Waals surface area contributed by atoms with Gasteiger partial charge < -0.3 is 30.3 Å². The van der Waals surface area contributed by atoms with Crippen LogP contribution in [0.5, 0.6) is 0 Å². The second-order valence-electron chi connectivity index (χ2n) is 9.98. The van der Waals surface area contributed by atoms with E-state index in [1.807, 2.05) is 0 Å². The minimum absolute atomic E-state index is 0.133. The van der Waals surface area contributed by atoms with Crippen LogP contribution < -0.4 is 10.2 Å². The third-order valence-electron chi connectivity index (χ3n) is 7.65. The topological polar surface area (TPSA) is 129 Å². The van der Waals surface area contributed by atoms with Crippen molar-refractivity contribution < 1.29 is 20.1 Å². The summed E-state index contributed by atoms with van der Waals surface area (Å²) in [4.78, 5) is 16.3. The highest BCUT2D eigenvalue weighted by Gasteiger charge is 2.43. The van der Waals surface area contributed by atoms with Gasteiger partial charge >= 0.3 is 0 Å². The Hall–Kier alpha value is -2.79. The minimum atomic E-state index is -1.11. The Morgan fingerprint density at radius 2 is 1.77 bits per heavy atom. The first-order chi connectivity index (χ1) is 17.0. The molecule has 4 atom stereocenters. The van der Waals surface area contributed by atoms with Gasteiger partial charge in [0.2, 0.25) is 5.95 Å². The zero-order valence-corrected chi connectivity index (χ0v) is 19.8. The van der Waals surface area contributed by atoms with Crippen LogP contribution >= 0.6 is 0 Å². The zero-order chi connectivity index (χ0) is 24.1. The molecule has 3 aromatic rings. The Morgan fingerprint density at radius 1 is 1.00 bits per heavy atom. The van der Waals surface area contributed by atoms with Crippen LogP contribution in [0.3, 0.4) is 0 Å². The molecule has 186 valence electrons. The number of aliphatic hydroxyl groups excluding tert-OH is 3. The standard InChI is InChI=1S/C25H32N6O4/c1-14-20(33)21(34)24(35-14)31-23-19(29-25(31)28-17-6-8-18(32)9-7-17)22(26-13-27-23)30-11-10-15-4-2-3-5-16(15)12-30/h2-5,13-14,17-18,20-21,24,32-34H,6-12H2,1H3,(H,28,29)/t14-,17?,18?,20-,21-,24-/m1/s1. The summed E-state index contributed by atoms with van der Waals surface area (Å²) >= 11 is 0. The first-order valence-electron chi connectivity index (χ1n) is 12.5. The lowest BCUT2D eigenvalue weighted by molar-refractivity contribution is -0.0288. The van der Waals surface area contributed by atoms with Crippen molar-refractivity contribution in [2.45, 2.75) is 82.3 Å². The molecule has 6 rings (SSSR count). The van der Waals surface area contributed by atoms with Crippen molar-refractivity contribution in [1.82, 2.24) is 19.5 Å². The van der Waals surface area contributed by atoms with Crippen LogP contribution in [0.25, 0.3) is 11.2 Å². The molecule has 1 saturated carbocycles. The van der Waals surface area contributed by atoms with E-state index in [9.17, 15) is 15.3 Å². The third-order valence-corrected chi connectivity index (χ3v) is 7.65. The molecule has 2 aromatic heterocycles. The number of benzene rings is 1. The van der Waals surface area contributed by atoms with Crippen LogP contribution in [0.4, 0.5) is 11.8 Å². The van der Waals surface area contributed by atoms with Crippen molar-refractivity contribution in [2.24, 2.45) is 0 Å². The summed E-state index contributed by atoms with van der Waals surface area (Å²) in [5, 5.41) is 34.7. The molecule has 3 aliphatic rings. The highest BCUT2D eigenvalue weighted by atomic mass is 16.6. The number of anilines is 2. The van der Waals surface area contributed by atoms with Crippen LogP contribution in [0.2, 0.25) is 0 Å². The molecular weight excluding hydrogens is 448 g/mol. The average Bonchev–Trinajstić information content (AvgIpc) is 3.36. The summed E-state index contributed by atoms with van der Waals surface area (Å²) in [5.74, 6) is 1.28. The van der Waals surface area contributed by atoms with E-state index in [1.165, 1.54) is 17.5 Å². The van der Waals surface area contributed by atoms with Crippen LogP contribution in [0.15, 0.2) is 30.6 Å². The van der Waals surface area contributed by atoms with E-state index in [4.69, 9.17) is 9.72 Å². The van der Waals surface area contributed by atoms with Crippen molar-refractivity contribution in [3.8, 4) is 0 Å². The Balaban J connectivity index is 1.41. The molecule has 0 radical (unpaired) electrons. The largest absolute Gasteiger partial charge is 0.393 e. The second-order valence-corrected chi connectivity index (χ2v) is 9.98. The Kier molecular flexibility index (Phi) is 5.84. The van der Waals surface area contributed by atoms with E-state index in [0.717, 1.165) is 51.0 Å². The fraction of sp³-hybridized carbons (Fsp3) is 0.560. The molecule has 0 bridgehead atoms. The molecule has 2 aliphatic heterocycles. The summed E-state index contributed by atoms with van der Waals surface area (Å²) in [6.07, 6.45) is 1.82. The monoisotopic (exact) mass is 480 g/mol. The van der Waals surface area contributed by atoms with Crippen LogP contribution in [0, 0.1) is 0 Å². The number of nitrogens with one attached hydrogen (secondary N) is 1. The quantitative estimate of drug-likeness (QED) is 0.441. The van der Waals surface area contributed by atoms with Gasteiger partial charge in [-0.25, -0.2) is 15.0 Å². The fourth-order valence-corrected chi connectivity index (χ4v) is 5.59. The van der Waals surface area contributed by atoms with Crippen molar-refractivity contribution in [3.05, 3.63) is 41.7 Å². The van der Waals surface area contributed by atoms with E-state index < -0.39 is 24.5 Å². The maximum Gasteiger partial charge on any atom is 0.207 e. The summed E-state index contributed by atoms with van der Waals surface area (Å²) < 4.78 is 7.75. The van der Waals surface area contributed by atoms with Gasteiger partial charge in [-0.05, 0) is 50.2 Å². The van der Waals surface area contributed by atoms with E-state index in [-0.39, 0.29) is 12.1 Å². The van der Waals surface area contributed by atoms with Gasteiger partial charge in [-0.3, -0.25) is 4.57 Å². The van der Waals surface area contributed by atoms with Crippen LogP contribution in [-0.2, 0) is 17.7 Å². The van der Waals surface area contributed by atoms with Crippen molar-refractivity contribution in [3.63, 3.8) is 0 Å². The second kappa shape index (κ2) is 9.02. The van der Waals surface area contributed by atoms with Gasteiger partial charge in [-0.1, -0.05) is 24.3 Å². The number of hydrogen-bond acceptors (Lipinski definition) is 9. The normalized spacial score (nSPS) is 31.0. The molecule has 1 aromatic carbocycles. The average molecular weight is 481 g/mol. The van der Waals surface area contributed by atoms with Gasteiger partial charge in [-0.15, -0.1) is 0 Å². The Morgan fingerprint density at radius 3 is 2.51 bits per heavy atom. The van der Waals surface area contributed by atoms with Gasteiger partial charge in [0.25, 0.3) is 0 Å². The van der Waals surface area contributed by atoms with Crippen molar-refractivity contribution in [2.75, 3.05) is 16.8 Å². The van der Waals surface area contributed by atoms with Crippen LogP contribution in [0.1, 0.15) is 50.0 Å². The van der Waals surface area contributed by atoms with Crippen LogP contribution in [-0.4, -0.2) is 71.8 Å². The number of hydrogen-bond donors (Lipinski definition) is 4. The summed E-state index contributed by atoms with van der Waals surface area (Å²) in [6, 6.07) is 8.58. The lowest BCUT2D eigenvalue weighted by Crippen LogP contribution is -2.33. The lowest BCUT2D eigenvalue weighted by atomic mass is 9.93. The Bertz CT molecular complexity index is 1210. The minimum Gasteiger partial charge on any atom is -0.393 e. The fourth-order valence-electron chi connectivity index (χ4n) is 5.59. The molecule has 0 amide bonds. The highest BCUT2D eigenvalue weighted by Crippen LogP contribution is 2.37. The van der Waals surface area contributed by atoms with E-state index in [1.54, 1.807) is 11.5 Å². The molecule has 4 heterocycles. The number of ether oxygens (including phenoxy) is 1. The molecule has 0 spiro atoms. The SMILES string of the molecule is C[C@H]1O[C@@H](n2c(NC3CCC(O)CC3)nc3c(N4CCc5ccccc5C4)ncnc32)[C@H](O)[C@@H]1O. The van der Waals surface area contributed by atoms with E-state index in [0.29, 0.717) is 17.1 Å². The molecule has 10 heteroatoms. The van der Waals surface area contributed by atoms with E-state index in [2.05, 4.69) is 44.5 Å². The zero-order valence-electron chi connectivity index (χ0n) is 19.8. The maximum atomic E-state index is 10.8. The molecule has 4 N–H and O–H groups in total. The number of rotatable bonds is 4. The summed E-state index contributed by atoms with van der Waals surface area (Å²) in [7, 11) is 0. The Labute approximate surface area is 203 Å². The van der Waals surface area contributed by atoms with Crippen molar-refractivity contribution in [1.29, 1.82) is 0 Å². The van der Waals surface area contributed by atoms with Gasteiger partial charge in [0.05, 0.1) is 12.2 Å². The van der Waals surface area contributed by atoms with Gasteiger partial charge in [0.1, 0.15) is 18.5 Å². The summed E-state index contributed by atoms with van der Waals surface area (Å²) in [5.41, 5.74) is 3.81. The third kappa shape index (κ3) is 4.04. The molecule has 1 aliphatic carbocycles. The lowest BCUT2D eigenvalue weighted by Gasteiger charge is -2.29. The number of nitrogens with zero attached hydrogens (tertiary/aromatic N) is 5. The predicted octanol–water partition coefficient (Wildman–Crippen LogP) is 1.74. The van der Waals surface area contributed by atoms with Gasteiger partial charge in [0, 0.05) is 19.1 Å². The first kappa shape index (κ1) is 22.7. The molecular formula is C25H32N6O4. The highest BCUT2D eigenvalue weighted by molar-refractivity contribution is 5.86. The summed E-state index contributed by atoms with van der Waals surface area (Å²) in [6.45, 7) is 3.29. The van der Waals surface area contributed by atoms with Gasteiger partial charge in [0.15, 0.2) is 23.2 Å². The van der Waals surface area contributed by atoms with E-state index >= 15 is 0 Å². The number of fused-ring (bicyclic) bond motifs is 2. The molecule has 35 heavy (non-hydrogen) atoms. The number of aliphatic hydroxyl groups is 3. The number of aromatic nitrogens is 4. The molecule has 10 nitrogen and oxygen atoms in total. The van der Waals surface area contributed by atoms with Crippen molar-refractivity contribution >= 4 is 22.9 Å². The number of imidazole rings is 1. The molecule has 2 fully saturated rings. The van der Waals surface area contributed by atoms with Gasteiger partial charge in [-0.2, -0.15) is 0 Å².